The van der Waals surface area contributed by atoms with E-state index in [0.29, 0.717) is 17.6 Å². The van der Waals surface area contributed by atoms with E-state index < -0.39 is 0 Å². The second-order valence-electron chi connectivity index (χ2n) is 2.98. The van der Waals surface area contributed by atoms with Gasteiger partial charge in [-0.3, -0.25) is 0 Å². The van der Waals surface area contributed by atoms with Crippen molar-refractivity contribution in [1.29, 1.82) is 0 Å². The van der Waals surface area contributed by atoms with Crippen molar-refractivity contribution >= 4 is 11.6 Å². The van der Waals surface area contributed by atoms with Crippen molar-refractivity contribution in [2.75, 3.05) is 6.54 Å². The van der Waals surface area contributed by atoms with Gasteiger partial charge in [0.1, 0.15) is 5.76 Å². The maximum absolute atomic E-state index is 5.63. The molecular weight excluding hydrogens is 218 g/mol. The molecule has 0 aromatic carbocycles. The van der Waals surface area contributed by atoms with Crippen molar-refractivity contribution in [2.24, 2.45) is 0 Å². The highest BCUT2D eigenvalue weighted by Gasteiger charge is 2.00. The summed E-state index contributed by atoms with van der Waals surface area (Å²) in [6.45, 7) is 1.41. The molecule has 2 aromatic rings. The predicted octanol–water partition coefficient (Wildman–Crippen LogP) is 1.65. The molecule has 2 aromatic heterocycles. The molecule has 80 valence electrons. The molecule has 0 radical (unpaired) electrons. The molecule has 6 heteroatoms. The number of nitrogens with zero attached hydrogens (tertiary/aromatic N) is 2. The zero-order chi connectivity index (χ0) is 10.5. The summed E-state index contributed by atoms with van der Waals surface area (Å²) >= 11 is 5.63. The molecule has 5 nitrogen and oxygen atoms in total. The number of hydrogen-bond donors (Lipinski definition) is 1. The molecule has 0 saturated carbocycles. The van der Waals surface area contributed by atoms with E-state index in [9.17, 15) is 0 Å². The number of nitrogens with one attached hydrogen (secondary N) is 1. The van der Waals surface area contributed by atoms with Crippen LogP contribution in [0.3, 0.4) is 0 Å². The molecule has 15 heavy (non-hydrogen) atoms. The summed E-state index contributed by atoms with van der Waals surface area (Å²) in [5.41, 5.74) is 0. The highest BCUT2D eigenvalue weighted by Crippen LogP contribution is 2.12. The lowest BCUT2D eigenvalue weighted by Crippen LogP contribution is -2.16. The largest absolute Gasteiger partial charge is 0.448 e. The first kappa shape index (κ1) is 10.2. The Balaban J connectivity index is 1.67. The van der Waals surface area contributed by atoms with Gasteiger partial charge in [0.05, 0.1) is 6.54 Å². The lowest BCUT2D eigenvalue weighted by molar-refractivity contribution is 0.408. The van der Waals surface area contributed by atoms with E-state index in [1.54, 1.807) is 6.07 Å². The smallest absolute Gasteiger partial charge is 0.213 e. The molecule has 2 rings (SSSR count). The molecule has 0 amide bonds. The van der Waals surface area contributed by atoms with Crippen molar-refractivity contribution in [2.45, 2.75) is 13.0 Å². The Kier molecular flexibility index (Phi) is 3.37. The van der Waals surface area contributed by atoms with Gasteiger partial charge in [-0.25, -0.2) is 0 Å². The Bertz CT molecular complexity index is 399. The summed E-state index contributed by atoms with van der Waals surface area (Å²) in [6, 6.07) is 3.56. The highest BCUT2D eigenvalue weighted by atomic mass is 35.5. The third-order valence-corrected chi connectivity index (χ3v) is 2.06. The number of rotatable bonds is 5. The standard InChI is InChI=1S/C9H10ClN3O2/c10-8-2-1-7(15-8)5-11-4-3-9-12-6-14-13-9/h1-2,6,11H,3-5H2. The van der Waals surface area contributed by atoms with Gasteiger partial charge in [0.25, 0.3) is 0 Å². The lowest BCUT2D eigenvalue weighted by Gasteiger charge is -1.99. The Morgan fingerprint density at radius 1 is 1.40 bits per heavy atom. The summed E-state index contributed by atoms with van der Waals surface area (Å²) in [6.07, 6.45) is 2.05. The molecule has 0 fully saturated rings. The molecular formula is C9H10ClN3O2. The first-order valence-corrected chi connectivity index (χ1v) is 4.92. The summed E-state index contributed by atoms with van der Waals surface area (Å²) in [5, 5.41) is 7.28. The fourth-order valence-electron chi connectivity index (χ4n) is 1.16. The predicted molar refractivity (Wildman–Crippen MR) is 53.4 cm³/mol. The van der Waals surface area contributed by atoms with Crippen LogP contribution in [-0.2, 0) is 13.0 Å². The van der Waals surface area contributed by atoms with Crippen molar-refractivity contribution < 1.29 is 8.94 Å². The van der Waals surface area contributed by atoms with Gasteiger partial charge >= 0.3 is 0 Å². The molecule has 0 saturated heterocycles. The Labute approximate surface area is 91.4 Å². The molecule has 0 spiro atoms. The Morgan fingerprint density at radius 2 is 2.33 bits per heavy atom. The first-order valence-electron chi connectivity index (χ1n) is 4.55. The van der Waals surface area contributed by atoms with Gasteiger partial charge in [-0.1, -0.05) is 5.16 Å². The van der Waals surface area contributed by atoms with Crippen LogP contribution < -0.4 is 5.32 Å². The molecule has 0 aliphatic heterocycles. The molecule has 0 aliphatic rings. The number of hydrogen-bond acceptors (Lipinski definition) is 5. The van der Waals surface area contributed by atoms with E-state index in [1.165, 1.54) is 6.39 Å². The molecule has 0 aliphatic carbocycles. The monoisotopic (exact) mass is 227 g/mol. The van der Waals surface area contributed by atoms with Crippen LogP contribution in [0, 0.1) is 0 Å². The van der Waals surface area contributed by atoms with E-state index in [4.69, 9.17) is 16.0 Å². The van der Waals surface area contributed by atoms with E-state index >= 15 is 0 Å². The number of furan rings is 1. The molecule has 2 heterocycles. The fraction of sp³-hybridized carbons (Fsp3) is 0.333. The maximum atomic E-state index is 5.63. The zero-order valence-corrected chi connectivity index (χ0v) is 8.70. The summed E-state index contributed by atoms with van der Waals surface area (Å²) in [4.78, 5) is 3.90. The average Bonchev–Trinajstić information content (AvgIpc) is 2.84. The van der Waals surface area contributed by atoms with Gasteiger partial charge in [-0.15, -0.1) is 0 Å². The van der Waals surface area contributed by atoms with Gasteiger partial charge in [-0.2, -0.15) is 4.98 Å². The third kappa shape index (κ3) is 3.07. The van der Waals surface area contributed by atoms with Gasteiger partial charge in [0.2, 0.25) is 6.39 Å². The molecule has 1 N–H and O–H groups in total. The molecule has 0 atom stereocenters. The minimum atomic E-state index is 0.407. The quantitative estimate of drug-likeness (QED) is 0.787. The van der Waals surface area contributed by atoms with Crippen LogP contribution in [0.25, 0.3) is 0 Å². The van der Waals surface area contributed by atoms with E-state index in [0.717, 1.165) is 18.7 Å². The van der Waals surface area contributed by atoms with Gasteiger partial charge in [-0.05, 0) is 23.7 Å². The van der Waals surface area contributed by atoms with Crippen molar-refractivity contribution in [3.8, 4) is 0 Å². The van der Waals surface area contributed by atoms with Crippen LogP contribution in [0.2, 0.25) is 5.22 Å². The van der Waals surface area contributed by atoms with Crippen LogP contribution in [0.15, 0.2) is 27.5 Å². The highest BCUT2D eigenvalue weighted by molar-refractivity contribution is 6.28. The van der Waals surface area contributed by atoms with Gasteiger partial charge in [0, 0.05) is 13.0 Å². The second kappa shape index (κ2) is 4.95. The van der Waals surface area contributed by atoms with Gasteiger partial charge < -0.3 is 14.3 Å². The summed E-state index contributed by atoms with van der Waals surface area (Å²) in [7, 11) is 0. The Morgan fingerprint density at radius 3 is 3.00 bits per heavy atom. The van der Waals surface area contributed by atoms with E-state index in [-0.39, 0.29) is 0 Å². The normalized spacial score (nSPS) is 10.7. The first-order chi connectivity index (χ1) is 7.34. The summed E-state index contributed by atoms with van der Waals surface area (Å²) < 4.78 is 9.78. The molecule has 0 bridgehead atoms. The number of halogens is 1. The second-order valence-corrected chi connectivity index (χ2v) is 3.35. The Hall–Kier alpha value is -1.33. The van der Waals surface area contributed by atoms with Crippen LogP contribution in [0.5, 0.6) is 0 Å². The number of aromatic nitrogens is 2. The van der Waals surface area contributed by atoms with Crippen molar-refractivity contribution in [1.82, 2.24) is 15.5 Å². The minimum absolute atomic E-state index is 0.407. The minimum Gasteiger partial charge on any atom is -0.448 e. The van der Waals surface area contributed by atoms with Crippen molar-refractivity contribution in [3.63, 3.8) is 0 Å². The van der Waals surface area contributed by atoms with E-state index in [2.05, 4.69) is 20.0 Å². The van der Waals surface area contributed by atoms with E-state index in [1.807, 2.05) is 6.07 Å². The topological polar surface area (TPSA) is 64.1 Å². The molecule has 0 unspecified atom stereocenters. The van der Waals surface area contributed by atoms with Crippen LogP contribution in [-0.4, -0.2) is 16.7 Å². The van der Waals surface area contributed by atoms with Crippen LogP contribution in [0.1, 0.15) is 11.6 Å². The SMILES string of the molecule is Clc1ccc(CNCCc2ncon2)o1. The average molecular weight is 228 g/mol. The zero-order valence-electron chi connectivity index (χ0n) is 7.94. The van der Waals surface area contributed by atoms with Crippen molar-refractivity contribution in [3.05, 3.63) is 35.3 Å². The lowest BCUT2D eigenvalue weighted by atomic mass is 10.4. The van der Waals surface area contributed by atoms with Gasteiger partial charge in [0.15, 0.2) is 11.0 Å². The van der Waals surface area contributed by atoms with Crippen LogP contribution in [0.4, 0.5) is 0 Å². The third-order valence-electron chi connectivity index (χ3n) is 1.86. The maximum Gasteiger partial charge on any atom is 0.213 e. The fourth-order valence-corrected chi connectivity index (χ4v) is 1.32. The summed E-state index contributed by atoms with van der Waals surface area (Å²) in [5.74, 6) is 1.51. The van der Waals surface area contributed by atoms with Crippen LogP contribution >= 0.6 is 11.6 Å².